The van der Waals surface area contributed by atoms with Gasteiger partial charge in [-0.3, -0.25) is 14.6 Å². The number of pyridine rings is 1. The Morgan fingerprint density at radius 2 is 2.06 bits per heavy atom. The molecule has 90 valence electrons. The van der Waals surface area contributed by atoms with Crippen LogP contribution >= 0.6 is 15.9 Å². The second kappa shape index (κ2) is 3.95. The number of allylic oxidation sites excluding steroid dienone is 1. The molecule has 1 aliphatic carbocycles. The van der Waals surface area contributed by atoms with Crippen LogP contribution < -0.4 is 0 Å². The molecule has 2 heterocycles. The van der Waals surface area contributed by atoms with Gasteiger partial charge in [-0.25, -0.2) is 4.98 Å². The van der Waals surface area contributed by atoms with E-state index >= 15 is 0 Å². The van der Waals surface area contributed by atoms with Gasteiger partial charge in [0.1, 0.15) is 10.3 Å². The lowest BCUT2D eigenvalue weighted by Crippen LogP contribution is -2.29. The highest BCUT2D eigenvalue weighted by Gasteiger charge is 2.37. The van der Waals surface area contributed by atoms with Gasteiger partial charge in [-0.1, -0.05) is 6.92 Å². The molecule has 4 nitrogen and oxygen atoms in total. The number of hydrogen-bond acceptors (Lipinski definition) is 4. The summed E-state index contributed by atoms with van der Waals surface area (Å²) in [4.78, 5) is 32.7. The molecule has 1 aromatic rings. The van der Waals surface area contributed by atoms with E-state index in [1.54, 1.807) is 18.3 Å². The third-order valence-electron chi connectivity index (χ3n) is 3.21. The first kappa shape index (κ1) is 11.5. The minimum absolute atomic E-state index is 0.0166. The largest absolute Gasteiger partial charge is 0.285 e. The second-order valence-electron chi connectivity index (χ2n) is 4.40. The van der Waals surface area contributed by atoms with Crippen molar-refractivity contribution in [3.05, 3.63) is 33.6 Å². The Morgan fingerprint density at radius 1 is 1.28 bits per heavy atom. The predicted octanol–water partition coefficient (Wildman–Crippen LogP) is 2.43. The first-order valence-corrected chi connectivity index (χ1v) is 6.41. The fraction of sp³-hybridized carbons (Fsp3) is 0.231. The summed E-state index contributed by atoms with van der Waals surface area (Å²) in [7, 11) is 0. The summed E-state index contributed by atoms with van der Waals surface area (Å²) in [5.74, 6) is -0.901. The summed E-state index contributed by atoms with van der Waals surface area (Å²) < 4.78 is 0.628. The average Bonchev–Trinajstić information content (AvgIpc) is 2.35. The van der Waals surface area contributed by atoms with Crippen molar-refractivity contribution in [2.24, 2.45) is 10.9 Å². The molecule has 0 saturated carbocycles. The van der Waals surface area contributed by atoms with E-state index in [2.05, 4.69) is 25.9 Å². The Hall–Kier alpha value is -1.62. The monoisotopic (exact) mass is 304 g/mol. The molecule has 18 heavy (non-hydrogen) atoms. The van der Waals surface area contributed by atoms with Gasteiger partial charge in [-0.2, -0.15) is 0 Å². The third kappa shape index (κ3) is 1.50. The zero-order valence-corrected chi connectivity index (χ0v) is 11.2. The van der Waals surface area contributed by atoms with Gasteiger partial charge >= 0.3 is 0 Å². The lowest BCUT2D eigenvalue weighted by atomic mass is 9.82. The summed E-state index contributed by atoms with van der Waals surface area (Å²) in [6.07, 6.45) is 2.46. The minimum atomic E-state index is -0.479. The van der Waals surface area contributed by atoms with Gasteiger partial charge in [0.2, 0.25) is 11.6 Å². The van der Waals surface area contributed by atoms with E-state index in [0.29, 0.717) is 33.6 Å². The molecule has 0 saturated heterocycles. The Balaban J connectivity index is 2.34. The molecule has 0 spiro atoms. The second-order valence-corrected chi connectivity index (χ2v) is 5.21. The van der Waals surface area contributed by atoms with Gasteiger partial charge in [0.25, 0.3) is 0 Å². The number of carbonyl (C=O) groups is 2. The van der Waals surface area contributed by atoms with Crippen molar-refractivity contribution in [3.63, 3.8) is 0 Å². The zero-order valence-electron chi connectivity index (χ0n) is 9.61. The van der Waals surface area contributed by atoms with Crippen molar-refractivity contribution in [2.75, 3.05) is 0 Å². The van der Waals surface area contributed by atoms with E-state index in [-0.39, 0.29) is 5.92 Å². The van der Waals surface area contributed by atoms with Crippen LogP contribution in [0, 0.1) is 5.92 Å². The molecule has 5 heteroatoms. The van der Waals surface area contributed by atoms with Crippen molar-refractivity contribution in [3.8, 4) is 0 Å². The van der Waals surface area contributed by atoms with Crippen LogP contribution in [-0.2, 0) is 4.79 Å². The van der Waals surface area contributed by atoms with E-state index in [9.17, 15) is 9.59 Å². The molecule has 1 aliphatic heterocycles. The number of nitrogens with zero attached hydrogens (tertiary/aromatic N) is 2. The van der Waals surface area contributed by atoms with E-state index in [4.69, 9.17) is 0 Å². The number of aromatic nitrogens is 1. The molecule has 1 unspecified atom stereocenters. The standard InChI is InChI=1S/C13H9BrN2O2/c1-6-4-5-15-11-9(6)13(18)12(17)7-2-3-8(14)16-10(7)11/h2-3,5-6H,4H2,1H3. The topological polar surface area (TPSA) is 59.4 Å². The summed E-state index contributed by atoms with van der Waals surface area (Å²) in [6, 6.07) is 3.27. The van der Waals surface area contributed by atoms with Gasteiger partial charge in [0, 0.05) is 11.8 Å². The summed E-state index contributed by atoms with van der Waals surface area (Å²) >= 11 is 3.28. The number of fused-ring (bicyclic) bond motifs is 2. The highest BCUT2D eigenvalue weighted by Crippen LogP contribution is 2.36. The van der Waals surface area contributed by atoms with Gasteiger partial charge in [-0.15, -0.1) is 0 Å². The van der Waals surface area contributed by atoms with E-state index in [1.165, 1.54) is 0 Å². The van der Waals surface area contributed by atoms with Crippen LogP contribution in [0.3, 0.4) is 0 Å². The quantitative estimate of drug-likeness (QED) is 0.546. The van der Waals surface area contributed by atoms with Crippen LogP contribution in [-0.4, -0.2) is 22.8 Å². The molecule has 2 aliphatic rings. The Labute approximate surface area is 112 Å². The van der Waals surface area contributed by atoms with Crippen molar-refractivity contribution < 1.29 is 9.59 Å². The molecule has 1 atom stereocenters. The molecular weight excluding hydrogens is 296 g/mol. The SMILES string of the molecule is CC1CC=NC2=C1C(=O)C(=O)c1ccc(Br)nc12. The summed E-state index contributed by atoms with van der Waals surface area (Å²) in [5.41, 5.74) is 1.90. The number of Topliss-reactive ketones (excluding diaryl/α,β-unsaturated/α-hetero) is 2. The lowest BCUT2D eigenvalue weighted by molar-refractivity contribution is -0.112. The number of ketones is 2. The molecule has 0 N–H and O–H groups in total. The van der Waals surface area contributed by atoms with Crippen LogP contribution in [0.2, 0.25) is 0 Å². The van der Waals surface area contributed by atoms with Gasteiger partial charge in [0.05, 0.1) is 11.3 Å². The van der Waals surface area contributed by atoms with Crippen LogP contribution in [0.5, 0.6) is 0 Å². The zero-order chi connectivity index (χ0) is 12.9. The first-order chi connectivity index (χ1) is 8.59. The van der Waals surface area contributed by atoms with E-state index in [0.717, 1.165) is 0 Å². The van der Waals surface area contributed by atoms with Crippen LogP contribution in [0.25, 0.3) is 5.70 Å². The molecule has 3 rings (SSSR count). The van der Waals surface area contributed by atoms with Crippen LogP contribution in [0.1, 0.15) is 29.4 Å². The van der Waals surface area contributed by atoms with Crippen LogP contribution in [0.4, 0.5) is 0 Å². The Morgan fingerprint density at radius 3 is 2.83 bits per heavy atom. The van der Waals surface area contributed by atoms with Gasteiger partial charge in [0.15, 0.2) is 0 Å². The summed E-state index contributed by atoms with van der Waals surface area (Å²) in [6.45, 7) is 1.93. The van der Waals surface area contributed by atoms with Gasteiger partial charge < -0.3 is 0 Å². The molecule has 0 amide bonds. The van der Waals surface area contributed by atoms with E-state index < -0.39 is 11.6 Å². The van der Waals surface area contributed by atoms with Crippen molar-refractivity contribution >= 4 is 39.4 Å². The summed E-state index contributed by atoms with van der Waals surface area (Å²) in [5, 5.41) is 0. The fourth-order valence-corrected chi connectivity index (χ4v) is 2.60. The number of carbonyl (C=O) groups excluding carboxylic acids is 2. The first-order valence-electron chi connectivity index (χ1n) is 5.62. The normalized spacial score (nSPS) is 22.0. The number of hydrogen-bond donors (Lipinski definition) is 0. The lowest BCUT2D eigenvalue weighted by Gasteiger charge is -2.24. The van der Waals surface area contributed by atoms with Crippen LogP contribution in [0.15, 0.2) is 27.3 Å². The highest BCUT2D eigenvalue weighted by molar-refractivity contribution is 9.10. The average molecular weight is 305 g/mol. The Kier molecular flexibility index (Phi) is 2.52. The Bertz CT molecular complexity index is 646. The highest BCUT2D eigenvalue weighted by atomic mass is 79.9. The smallest absolute Gasteiger partial charge is 0.235 e. The molecular formula is C13H9BrN2O2. The van der Waals surface area contributed by atoms with Crippen molar-refractivity contribution in [2.45, 2.75) is 13.3 Å². The maximum absolute atomic E-state index is 12.1. The molecule has 0 fully saturated rings. The van der Waals surface area contributed by atoms with Crippen molar-refractivity contribution in [1.82, 2.24) is 4.98 Å². The maximum Gasteiger partial charge on any atom is 0.235 e. The fourth-order valence-electron chi connectivity index (χ4n) is 2.29. The number of rotatable bonds is 0. The molecule has 0 radical (unpaired) electrons. The molecule has 1 aromatic heterocycles. The minimum Gasteiger partial charge on any atom is -0.285 e. The molecule has 0 aromatic carbocycles. The number of aliphatic imine (C=N–C) groups is 1. The van der Waals surface area contributed by atoms with E-state index in [1.807, 2.05) is 6.92 Å². The maximum atomic E-state index is 12.1. The predicted molar refractivity (Wildman–Crippen MR) is 70.5 cm³/mol. The number of halogens is 1. The van der Waals surface area contributed by atoms with Gasteiger partial charge in [-0.05, 0) is 40.4 Å². The third-order valence-corrected chi connectivity index (χ3v) is 3.65. The molecule has 0 bridgehead atoms. The van der Waals surface area contributed by atoms with Crippen molar-refractivity contribution in [1.29, 1.82) is 0 Å².